The van der Waals surface area contributed by atoms with Crippen molar-refractivity contribution >= 4 is 11.7 Å². The molecule has 0 spiro atoms. The Labute approximate surface area is 441 Å². The molecule has 15 heteroatoms. The second kappa shape index (κ2) is 25.5. The van der Waals surface area contributed by atoms with Gasteiger partial charge in [-0.3, -0.25) is 4.79 Å². The molecule has 74 heavy (non-hydrogen) atoms. The lowest BCUT2D eigenvalue weighted by atomic mass is 9.73. The van der Waals surface area contributed by atoms with Gasteiger partial charge in [0, 0.05) is 50.4 Å². The van der Waals surface area contributed by atoms with Crippen LogP contribution in [0, 0.1) is 23.7 Å². The maximum Gasteiger partial charge on any atom is 0.311 e. The lowest BCUT2D eigenvalue weighted by molar-refractivity contribution is -0.934. The molecule has 0 amide bonds. The van der Waals surface area contributed by atoms with Crippen molar-refractivity contribution < 1.29 is 67.3 Å². The van der Waals surface area contributed by atoms with Gasteiger partial charge in [0.15, 0.2) is 18.7 Å². The summed E-state index contributed by atoms with van der Waals surface area (Å²) in [5, 5.41) is 40.6. The van der Waals surface area contributed by atoms with Crippen LogP contribution in [0.3, 0.4) is 0 Å². The number of methoxy groups -OCH3 is 2. The molecule has 15 nitrogen and oxygen atoms in total. The van der Waals surface area contributed by atoms with Gasteiger partial charge in [-0.15, -0.1) is 0 Å². The Morgan fingerprint density at radius 1 is 0.716 bits per heavy atom. The Balaban J connectivity index is 1.51. The van der Waals surface area contributed by atoms with Gasteiger partial charge in [0.1, 0.15) is 37.0 Å². The molecule has 412 valence electrons. The van der Waals surface area contributed by atoms with Crippen LogP contribution in [0.15, 0.2) is 96.2 Å². The second-order valence-electron chi connectivity index (χ2n) is 22.7. The number of likely N-dealkylation sites (N-methyl/N-ethyl adjacent to an activating group) is 1. The Hall–Kier alpha value is -3.84. The number of hydrogen-bond acceptors (Lipinski definition) is 14. The molecule has 0 aliphatic carbocycles. The first-order chi connectivity index (χ1) is 35.0. The number of carbonyl (C=O) groups excluding carboxylic acids is 1. The van der Waals surface area contributed by atoms with E-state index in [0.717, 1.165) is 17.7 Å². The number of aliphatic hydroxyl groups is 3. The molecule has 0 saturated carbocycles. The highest BCUT2D eigenvalue weighted by Gasteiger charge is 2.55. The van der Waals surface area contributed by atoms with E-state index < -0.39 is 102 Å². The molecule has 3 heterocycles. The summed E-state index contributed by atoms with van der Waals surface area (Å²) < 4.78 is 54.7. The standard InChI is InChI=1S/C59H89N2O13/c1-15-47-59(10,65)52(62)39(4)49(60-69-36-45-29-23-18-24-30-45)37(2)32-58(9,67-14)54(40(5)50(41(6)55(64)72-47)73-48-33-57(8,66-13)53(63)42(7)71-48)74-56-51(68-35-44-27-21-17-22-28-44)46(31-38(3)70-56)61(11,12)34-43-25-19-16-20-26-43/h16-30,37-42,46-48,50-54,56,62-63,65H,15,31-36H2,1-14H3/q+1/b60-49+/t37-,38-,39+,40+,41-,42+,46+,47-,48+,50+,51-,52-,53+,54-,56+,57-,58-,59-/m1/s1. The Morgan fingerprint density at radius 3 is 1.85 bits per heavy atom. The average molecular weight is 1030 g/mol. The average Bonchev–Trinajstić information content (AvgIpc) is 3.38. The van der Waals surface area contributed by atoms with Crippen molar-refractivity contribution in [3.63, 3.8) is 0 Å². The van der Waals surface area contributed by atoms with Gasteiger partial charge in [-0.05, 0) is 65.5 Å². The minimum Gasteiger partial charge on any atom is -0.459 e. The first kappa shape index (κ1) is 59.4. The number of benzene rings is 3. The van der Waals surface area contributed by atoms with E-state index in [4.69, 9.17) is 47.9 Å². The van der Waals surface area contributed by atoms with Gasteiger partial charge in [-0.1, -0.05) is 124 Å². The van der Waals surface area contributed by atoms with Crippen molar-refractivity contribution in [2.45, 2.75) is 199 Å². The third kappa shape index (κ3) is 14.0. The van der Waals surface area contributed by atoms with Gasteiger partial charge in [0.05, 0.1) is 74.1 Å². The van der Waals surface area contributed by atoms with Gasteiger partial charge >= 0.3 is 5.97 Å². The van der Waals surface area contributed by atoms with Crippen LogP contribution in [-0.4, -0.2) is 144 Å². The molecule has 0 unspecified atom stereocenters. The second-order valence-corrected chi connectivity index (χ2v) is 22.7. The number of oxime groups is 1. The molecule has 3 N–H and O–H groups in total. The highest BCUT2D eigenvalue weighted by molar-refractivity contribution is 5.88. The van der Waals surface area contributed by atoms with Crippen LogP contribution in [0.2, 0.25) is 0 Å². The van der Waals surface area contributed by atoms with Gasteiger partial charge < -0.3 is 62.5 Å². The van der Waals surface area contributed by atoms with Crippen LogP contribution >= 0.6 is 0 Å². The smallest absolute Gasteiger partial charge is 0.311 e. The summed E-state index contributed by atoms with van der Waals surface area (Å²) in [7, 11) is 7.63. The number of esters is 1. The maximum absolute atomic E-state index is 14.9. The normalized spacial score (nSPS) is 38.5. The predicted molar refractivity (Wildman–Crippen MR) is 282 cm³/mol. The molecule has 3 aliphatic rings. The van der Waals surface area contributed by atoms with E-state index in [1.165, 1.54) is 12.5 Å². The Morgan fingerprint density at radius 2 is 1.28 bits per heavy atom. The monoisotopic (exact) mass is 1030 g/mol. The summed E-state index contributed by atoms with van der Waals surface area (Å²) in [5.41, 5.74) is -0.645. The molecule has 0 bridgehead atoms. The molecule has 3 aromatic carbocycles. The summed E-state index contributed by atoms with van der Waals surface area (Å²) in [5.74, 6) is -3.63. The maximum atomic E-state index is 14.9. The highest BCUT2D eigenvalue weighted by atomic mass is 16.7. The zero-order valence-electron chi connectivity index (χ0n) is 46.6. The third-order valence-electron chi connectivity index (χ3n) is 16.5. The summed E-state index contributed by atoms with van der Waals surface area (Å²) in [6.45, 7) is 19.6. The zero-order valence-corrected chi connectivity index (χ0v) is 46.6. The summed E-state index contributed by atoms with van der Waals surface area (Å²) in [6, 6.07) is 30.0. The number of ether oxygens (including phenoxy) is 8. The number of hydrogen-bond donors (Lipinski definition) is 3. The van der Waals surface area contributed by atoms with Gasteiger partial charge in [0.25, 0.3) is 0 Å². The number of cyclic esters (lactones) is 1. The number of carbonyl (C=O) groups is 1. The molecular formula is C59H89N2O13+. The lowest BCUT2D eigenvalue weighted by Gasteiger charge is -2.51. The minimum absolute atomic E-state index is 0.118. The van der Waals surface area contributed by atoms with Crippen LogP contribution in [0.1, 0.15) is 112 Å². The van der Waals surface area contributed by atoms with Crippen molar-refractivity contribution in [3.05, 3.63) is 108 Å². The van der Waals surface area contributed by atoms with E-state index in [-0.39, 0.29) is 38.0 Å². The van der Waals surface area contributed by atoms with Crippen molar-refractivity contribution in [2.75, 3.05) is 28.3 Å². The summed E-state index contributed by atoms with van der Waals surface area (Å²) in [4.78, 5) is 21.0. The molecule has 6 rings (SSSR count). The first-order valence-electron chi connectivity index (χ1n) is 26.7. The Kier molecular flexibility index (Phi) is 20.5. The van der Waals surface area contributed by atoms with Crippen molar-refractivity contribution in [2.24, 2.45) is 28.8 Å². The first-order valence-corrected chi connectivity index (χ1v) is 26.7. The third-order valence-corrected chi connectivity index (χ3v) is 16.5. The van der Waals surface area contributed by atoms with Gasteiger partial charge in [0.2, 0.25) is 0 Å². The van der Waals surface area contributed by atoms with Crippen LogP contribution < -0.4 is 0 Å². The van der Waals surface area contributed by atoms with E-state index in [1.54, 1.807) is 41.9 Å². The van der Waals surface area contributed by atoms with Crippen molar-refractivity contribution in [1.82, 2.24) is 0 Å². The Bertz CT molecular complexity index is 2220. The fraction of sp³-hybridized carbons (Fsp3) is 0.661. The number of aliphatic hydroxyl groups excluding tert-OH is 2. The molecule has 3 aliphatic heterocycles. The fourth-order valence-corrected chi connectivity index (χ4v) is 11.8. The van der Waals surface area contributed by atoms with E-state index in [9.17, 15) is 20.1 Å². The fourth-order valence-electron chi connectivity index (χ4n) is 11.8. The minimum atomic E-state index is -1.93. The molecule has 3 saturated heterocycles. The largest absolute Gasteiger partial charge is 0.459 e. The summed E-state index contributed by atoms with van der Waals surface area (Å²) in [6.07, 6.45) is -7.69. The topological polar surface area (TPSA) is 173 Å². The summed E-state index contributed by atoms with van der Waals surface area (Å²) >= 11 is 0. The molecule has 18 atom stereocenters. The van der Waals surface area contributed by atoms with Crippen LogP contribution in [0.25, 0.3) is 0 Å². The van der Waals surface area contributed by atoms with E-state index in [0.29, 0.717) is 23.2 Å². The highest BCUT2D eigenvalue weighted by Crippen LogP contribution is 2.43. The van der Waals surface area contributed by atoms with Crippen molar-refractivity contribution in [1.29, 1.82) is 0 Å². The van der Waals surface area contributed by atoms with Crippen LogP contribution in [0.5, 0.6) is 0 Å². The molecule has 0 radical (unpaired) electrons. The number of quaternary nitrogens is 1. The van der Waals surface area contributed by atoms with Crippen LogP contribution in [-0.2, 0) is 67.3 Å². The SMILES string of the molecule is CC[C@H]1OC(=O)[C@H](C)[C@@H](O[C@H]2C[C@@](C)(OC)[C@@H](O)[C@H](C)O2)[C@H](C)[C@@H](O[C@@H]2O[C@H](C)C[C@H]([N+](C)(C)Cc3ccccc3)[C@H]2OCc2ccccc2)[C@](C)(OC)C[C@@H](C)/C(=N\OCc2ccccc2)[C@H](C)[C@@H](O)[C@]1(C)O. The molecular weight excluding hydrogens is 945 g/mol. The lowest BCUT2D eigenvalue weighted by Crippen LogP contribution is -2.65. The predicted octanol–water partition coefficient (Wildman–Crippen LogP) is 8.38. The molecule has 3 fully saturated rings. The number of nitrogens with zero attached hydrogens (tertiary/aromatic N) is 2. The van der Waals surface area contributed by atoms with Crippen LogP contribution in [0.4, 0.5) is 0 Å². The molecule has 0 aromatic heterocycles. The van der Waals surface area contributed by atoms with E-state index in [2.05, 4.69) is 45.3 Å². The number of rotatable bonds is 16. The molecule has 3 aromatic rings. The zero-order chi connectivity index (χ0) is 54.2. The van der Waals surface area contributed by atoms with E-state index >= 15 is 0 Å². The quantitative estimate of drug-likeness (QED) is 0.0710. The van der Waals surface area contributed by atoms with Gasteiger partial charge in [-0.25, -0.2) is 0 Å². The van der Waals surface area contributed by atoms with Crippen molar-refractivity contribution in [3.8, 4) is 0 Å². The van der Waals surface area contributed by atoms with Gasteiger partial charge in [-0.2, -0.15) is 0 Å². The van der Waals surface area contributed by atoms with E-state index in [1.807, 2.05) is 94.4 Å².